The number of anilines is 2. The minimum absolute atomic E-state index is 0.130. The molecule has 0 saturated carbocycles. The number of ether oxygens (including phenoxy) is 1. The van der Waals surface area contributed by atoms with Crippen molar-refractivity contribution < 1.29 is 14.3 Å². The number of thioether (sulfide) groups is 1. The molecule has 0 spiro atoms. The predicted octanol–water partition coefficient (Wildman–Crippen LogP) is 4.09. The highest BCUT2D eigenvalue weighted by molar-refractivity contribution is 8.01. The van der Waals surface area contributed by atoms with Crippen LogP contribution in [0.3, 0.4) is 0 Å². The van der Waals surface area contributed by atoms with Crippen molar-refractivity contribution in [3.63, 3.8) is 0 Å². The Morgan fingerprint density at radius 1 is 1.12 bits per heavy atom. The molecule has 0 aliphatic heterocycles. The molecule has 0 bridgehead atoms. The maximum Gasteiger partial charge on any atom is 0.237 e. The van der Waals surface area contributed by atoms with Crippen LogP contribution in [0.5, 0.6) is 5.75 Å². The van der Waals surface area contributed by atoms with Gasteiger partial charge < -0.3 is 15.4 Å². The molecule has 5 nitrogen and oxygen atoms in total. The van der Waals surface area contributed by atoms with E-state index < -0.39 is 0 Å². The van der Waals surface area contributed by atoms with Crippen molar-refractivity contribution in [3.8, 4) is 5.75 Å². The number of para-hydroxylation sites is 2. The highest BCUT2D eigenvalue weighted by atomic mass is 32.2. The minimum Gasteiger partial charge on any atom is -0.492 e. The van der Waals surface area contributed by atoms with Crippen LogP contribution in [0.15, 0.2) is 48.5 Å². The molecule has 0 saturated heterocycles. The lowest BCUT2D eigenvalue weighted by Gasteiger charge is -2.14. The summed E-state index contributed by atoms with van der Waals surface area (Å²) >= 11 is 1.29. The SMILES string of the molecule is CCOc1ccccc1NC(=O)[C@H](C)SCC(=O)Nc1cccc(C)c1. The third-order valence-corrected chi connectivity index (χ3v) is 4.72. The Balaban J connectivity index is 1.84. The molecule has 138 valence electrons. The van der Waals surface area contributed by atoms with Crippen molar-refractivity contribution in [1.82, 2.24) is 0 Å². The molecule has 2 amide bonds. The van der Waals surface area contributed by atoms with Crippen LogP contribution in [0.1, 0.15) is 19.4 Å². The molecular weight excluding hydrogens is 348 g/mol. The predicted molar refractivity (Wildman–Crippen MR) is 108 cm³/mol. The van der Waals surface area contributed by atoms with Gasteiger partial charge in [-0.1, -0.05) is 24.3 Å². The van der Waals surface area contributed by atoms with Gasteiger partial charge in [-0.05, 0) is 50.6 Å². The summed E-state index contributed by atoms with van der Waals surface area (Å²) in [4.78, 5) is 24.4. The van der Waals surface area contributed by atoms with Gasteiger partial charge in [0, 0.05) is 5.69 Å². The normalized spacial score (nSPS) is 11.5. The Hall–Kier alpha value is -2.47. The number of hydrogen-bond donors (Lipinski definition) is 2. The number of nitrogens with one attached hydrogen (secondary N) is 2. The van der Waals surface area contributed by atoms with Crippen molar-refractivity contribution >= 4 is 35.0 Å². The fourth-order valence-electron chi connectivity index (χ4n) is 2.28. The maximum atomic E-state index is 12.4. The summed E-state index contributed by atoms with van der Waals surface area (Å²) in [5, 5.41) is 5.33. The molecule has 0 aromatic heterocycles. The Bertz CT molecular complexity index is 764. The van der Waals surface area contributed by atoms with Crippen molar-refractivity contribution in [2.24, 2.45) is 0 Å². The molecule has 0 aliphatic rings. The van der Waals surface area contributed by atoms with Gasteiger partial charge in [-0.15, -0.1) is 11.8 Å². The second-order valence-corrected chi connectivity index (χ2v) is 7.12. The topological polar surface area (TPSA) is 67.4 Å². The fraction of sp³-hybridized carbons (Fsp3) is 0.300. The van der Waals surface area contributed by atoms with E-state index in [0.717, 1.165) is 11.3 Å². The molecule has 0 fully saturated rings. The monoisotopic (exact) mass is 372 g/mol. The van der Waals surface area contributed by atoms with E-state index >= 15 is 0 Å². The third-order valence-electron chi connectivity index (χ3n) is 3.58. The zero-order chi connectivity index (χ0) is 18.9. The smallest absolute Gasteiger partial charge is 0.237 e. The van der Waals surface area contributed by atoms with Gasteiger partial charge in [0.2, 0.25) is 11.8 Å². The van der Waals surface area contributed by atoms with Crippen LogP contribution in [-0.4, -0.2) is 29.4 Å². The van der Waals surface area contributed by atoms with Crippen LogP contribution in [0, 0.1) is 6.92 Å². The fourth-order valence-corrected chi connectivity index (χ4v) is 2.97. The van der Waals surface area contributed by atoms with E-state index in [4.69, 9.17) is 4.74 Å². The summed E-state index contributed by atoms with van der Waals surface area (Å²) in [5.74, 6) is 0.550. The lowest BCUT2D eigenvalue weighted by molar-refractivity contribution is -0.115. The highest BCUT2D eigenvalue weighted by Gasteiger charge is 2.17. The van der Waals surface area contributed by atoms with Crippen LogP contribution in [0.25, 0.3) is 0 Å². The van der Waals surface area contributed by atoms with Crippen LogP contribution >= 0.6 is 11.8 Å². The van der Waals surface area contributed by atoms with Crippen LogP contribution in [-0.2, 0) is 9.59 Å². The average Bonchev–Trinajstić information content (AvgIpc) is 2.61. The molecule has 0 radical (unpaired) electrons. The molecule has 1 atom stereocenters. The first-order chi connectivity index (χ1) is 12.5. The number of rotatable bonds is 8. The molecule has 2 rings (SSSR count). The number of benzene rings is 2. The number of aryl methyl sites for hydroxylation is 1. The van der Waals surface area contributed by atoms with Crippen molar-refractivity contribution in [1.29, 1.82) is 0 Å². The summed E-state index contributed by atoms with van der Waals surface area (Å²) in [7, 11) is 0. The first-order valence-electron chi connectivity index (χ1n) is 8.50. The van der Waals surface area contributed by atoms with E-state index in [0.29, 0.717) is 18.0 Å². The lowest BCUT2D eigenvalue weighted by atomic mass is 10.2. The Kier molecular flexibility index (Phi) is 7.53. The lowest BCUT2D eigenvalue weighted by Crippen LogP contribution is -2.25. The molecule has 2 aromatic carbocycles. The largest absolute Gasteiger partial charge is 0.492 e. The molecule has 2 N–H and O–H groups in total. The van der Waals surface area contributed by atoms with Gasteiger partial charge in [0.05, 0.1) is 23.3 Å². The number of hydrogen-bond acceptors (Lipinski definition) is 4. The number of carbonyl (C=O) groups excluding carboxylic acids is 2. The summed E-state index contributed by atoms with van der Waals surface area (Å²) in [6.45, 7) is 6.17. The summed E-state index contributed by atoms with van der Waals surface area (Å²) < 4.78 is 5.51. The van der Waals surface area contributed by atoms with E-state index in [2.05, 4.69) is 10.6 Å². The molecule has 26 heavy (non-hydrogen) atoms. The summed E-state index contributed by atoms with van der Waals surface area (Å²) in [5.41, 5.74) is 2.48. The number of amides is 2. The second-order valence-electron chi connectivity index (χ2n) is 5.79. The van der Waals surface area contributed by atoms with E-state index in [1.54, 1.807) is 13.0 Å². The minimum atomic E-state index is -0.368. The van der Waals surface area contributed by atoms with E-state index in [1.807, 2.05) is 56.3 Å². The van der Waals surface area contributed by atoms with Gasteiger partial charge in [0.1, 0.15) is 5.75 Å². The Morgan fingerprint density at radius 3 is 2.62 bits per heavy atom. The molecular formula is C20H24N2O3S. The van der Waals surface area contributed by atoms with Crippen molar-refractivity contribution in [2.45, 2.75) is 26.0 Å². The zero-order valence-corrected chi connectivity index (χ0v) is 16.1. The van der Waals surface area contributed by atoms with Gasteiger partial charge in [0.15, 0.2) is 0 Å². The highest BCUT2D eigenvalue weighted by Crippen LogP contribution is 2.25. The maximum absolute atomic E-state index is 12.4. The molecule has 0 unspecified atom stereocenters. The second kappa shape index (κ2) is 9.87. The van der Waals surface area contributed by atoms with Crippen molar-refractivity contribution in [2.75, 3.05) is 23.0 Å². The van der Waals surface area contributed by atoms with Gasteiger partial charge in [-0.25, -0.2) is 0 Å². The van der Waals surface area contributed by atoms with Crippen molar-refractivity contribution in [3.05, 3.63) is 54.1 Å². The van der Waals surface area contributed by atoms with Gasteiger partial charge in [-0.3, -0.25) is 9.59 Å². The molecule has 0 heterocycles. The van der Waals surface area contributed by atoms with Crippen LogP contribution < -0.4 is 15.4 Å². The van der Waals surface area contributed by atoms with Crippen LogP contribution in [0.2, 0.25) is 0 Å². The van der Waals surface area contributed by atoms with Crippen LogP contribution in [0.4, 0.5) is 11.4 Å². The first kappa shape index (κ1) is 19.8. The van der Waals surface area contributed by atoms with Gasteiger partial charge >= 0.3 is 0 Å². The Morgan fingerprint density at radius 2 is 1.88 bits per heavy atom. The van der Waals surface area contributed by atoms with Gasteiger partial charge in [-0.2, -0.15) is 0 Å². The summed E-state index contributed by atoms with van der Waals surface area (Å²) in [6, 6.07) is 14.9. The molecule has 2 aromatic rings. The number of carbonyl (C=O) groups is 2. The van der Waals surface area contributed by atoms with E-state index in [-0.39, 0.29) is 22.8 Å². The van der Waals surface area contributed by atoms with Gasteiger partial charge in [0.25, 0.3) is 0 Å². The quantitative estimate of drug-likeness (QED) is 0.732. The third kappa shape index (κ3) is 6.11. The van der Waals surface area contributed by atoms with E-state index in [9.17, 15) is 9.59 Å². The first-order valence-corrected chi connectivity index (χ1v) is 9.55. The average molecular weight is 372 g/mol. The summed E-state index contributed by atoms with van der Waals surface area (Å²) in [6.07, 6.45) is 0. The standard InChI is InChI=1S/C20H24N2O3S/c1-4-25-18-11-6-5-10-17(18)22-20(24)15(3)26-13-19(23)21-16-9-7-8-14(2)12-16/h5-12,15H,4,13H2,1-3H3,(H,21,23)(H,22,24)/t15-/m0/s1. The Labute approximate surface area is 158 Å². The van der Waals surface area contributed by atoms with E-state index in [1.165, 1.54) is 11.8 Å². The zero-order valence-electron chi connectivity index (χ0n) is 15.2. The molecule has 6 heteroatoms. The molecule has 0 aliphatic carbocycles.